The molecule has 1 aromatic carbocycles. The molecule has 2 heterocycles. The number of likely N-dealkylation sites (tertiary alicyclic amines) is 1. The number of rotatable bonds is 6. The van der Waals surface area contributed by atoms with Gasteiger partial charge in [0.2, 0.25) is 11.7 Å². The molecule has 0 aliphatic carbocycles. The Hall–Kier alpha value is -1.64. The van der Waals surface area contributed by atoms with E-state index in [1.165, 1.54) is 18.6 Å². The van der Waals surface area contributed by atoms with Crippen molar-refractivity contribution in [3.8, 4) is 11.4 Å². The van der Waals surface area contributed by atoms with Gasteiger partial charge in [-0.25, -0.2) is 0 Å². The van der Waals surface area contributed by atoms with Gasteiger partial charge in [0.15, 0.2) is 0 Å². The van der Waals surface area contributed by atoms with Gasteiger partial charge in [0.1, 0.15) is 0 Å². The molecule has 0 radical (unpaired) electrons. The molecule has 1 N–H and O–H groups in total. The summed E-state index contributed by atoms with van der Waals surface area (Å²) in [7, 11) is 1.97. The first-order chi connectivity index (χ1) is 12.5. The first-order valence-electron chi connectivity index (χ1n) is 8.83. The lowest BCUT2D eigenvalue weighted by molar-refractivity contribution is -0.137. The average molecular weight is 405 g/mol. The second-order valence-corrected chi connectivity index (χ2v) is 6.70. The van der Waals surface area contributed by atoms with Crippen LogP contribution in [-0.4, -0.2) is 41.7 Å². The highest BCUT2D eigenvalue weighted by atomic mass is 35.5. The zero-order valence-electron chi connectivity index (χ0n) is 15.1. The largest absolute Gasteiger partial charge is 0.416 e. The summed E-state index contributed by atoms with van der Waals surface area (Å²) >= 11 is 0. The number of piperidine rings is 1. The fraction of sp³-hybridized carbons (Fsp3) is 0.556. The standard InChI is InChI=1S/C18H23F3N4O.ClH/c1-22-9-6-13-7-10-25(11-8-13)12-16-23-17(24-26-16)14-2-4-15(5-3-14)18(19,20)21;/h2-5,13,22H,6-12H2,1H3;1H. The molecule has 0 unspecified atom stereocenters. The van der Waals surface area contributed by atoms with Crippen molar-refractivity contribution >= 4 is 12.4 Å². The molecule has 9 heteroatoms. The van der Waals surface area contributed by atoms with Gasteiger partial charge in [-0.1, -0.05) is 17.3 Å². The van der Waals surface area contributed by atoms with Crippen LogP contribution >= 0.6 is 12.4 Å². The van der Waals surface area contributed by atoms with Crippen molar-refractivity contribution < 1.29 is 17.7 Å². The fourth-order valence-corrected chi connectivity index (χ4v) is 3.22. The van der Waals surface area contributed by atoms with Gasteiger partial charge in [-0.15, -0.1) is 12.4 Å². The third kappa shape index (κ3) is 5.92. The Bertz CT molecular complexity index is 697. The first-order valence-corrected chi connectivity index (χ1v) is 8.83. The van der Waals surface area contributed by atoms with Crippen LogP contribution in [0.5, 0.6) is 0 Å². The minimum absolute atomic E-state index is 0. The Labute approximate surface area is 162 Å². The SMILES string of the molecule is CNCCC1CCN(Cc2nc(-c3ccc(C(F)(F)F)cc3)no2)CC1.Cl. The molecule has 5 nitrogen and oxygen atoms in total. The van der Waals surface area contributed by atoms with Crippen LogP contribution in [0.1, 0.15) is 30.7 Å². The zero-order valence-corrected chi connectivity index (χ0v) is 15.9. The van der Waals surface area contributed by atoms with E-state index in [9.17, 15) is 13.2 Å². The van der Waals surface area contributed by atoms with Crippen LogP contribution in [0, 0.1) is 5.92 Å². The van der Waals surface area contributed by atoms with E-state index >= 15 is 0 Å². The molecule has 1 fully saturated rings. The quantitative estimate of drug-likeness (QED) is 0.788. The van der Waals surface area contributed by atoms with E-state index in [0.29, 0.717) is 23.8 Å². The minimum atomic E-state index is -4.35. The highest BCUT2D eigenvalue weighted by molar-refractivity contribution is 5.85. The zero-order chi connectivity index (χ0) is 18.6. The molecule has 27 heavy (non-hydrogen) atoms. The Morgan fingerprint density at radius 2 is 1.85 bits per heavy atom. The fourth-order valence-electron chi connectivity index (χ4n) is 3.22. The Morgan fingerprint density at radius 3 is 2.44 bits per heavy atom. The van der Waals surface area contributed by atoms with Crippen LogP contribution in [0.15, 0.2) is 28.8 Å². The highest BCUT2D eigenvalue weighted by Crippen LogP contribution is 2.30. The lowest BCUT2D eigenvalue weighted by Gasteiger charge is -2.30. The summed E-state index contributed by atoms with van der Waals surface area (Å²) in [5, 5.41) is 7.08. The van der Waals surface area contributed by atoms with Gasteiger partial charge < -0.3 is 9.84 Å². The summed E-state index contributed by atoms with van der Waals surface area (Å²) in [5.41, 5.74) is -0.176. The number of hydrogen-bond acceptors (Lipinski definition) is 5. The van der Waals surface area contributed by atoms with Gasteiger partial charge in [0, 0.05) is 5.56 Å². The summed E-state index contributed by atoms with van der Waals surface area (Å²) in [4.78, 5) is 6.60. The number of nitrogens with one attached hydrogen (secondary N) is 1. The van der Waals surface area contributed by atoms with E-state index in [1.807, 2.05) is 7.05 Å². The third-order valence-electron chi connectivity index (χ3n) is 4.81. The van der Waals surface area contributed by atoms with Gasteiger partial charge >= 0.3 is 6.18 Å². The lowest BCUT2D eigenvalue weighted by atomic mass is 9.93. The van der Waals surface area contributed by atoms with Crippen LogP contribution in [0.4, 0.5) is 13.2 Å². The molecule has 3 rings (SSSR count). The third-order valence-corrected chi connectivity index (χ3v) is 4.81. The van der Waals surface area contributed by atoms with E-state index in [2.05, 4.69) is 20.4 Å². The molecule has 1 aliphatic rings. The minimum Gasteiger partial charge on any atom is -0.338 e. The van der Waals surface area contributed by atoms with E-state index in [0.717, 1.165) is 50.5 Å². The van der Waals surface area contributed by atoms with E-state index in [1.54, 1.807) is 0 Å². The molecule has 0 atom stereocenters. The van der Waals surface area contributed by atoms with Gasteiger partial charge in [-0.2, -0.15) is 18.2 Å². The number of benzene rings is 1. The van der Waals surface area contributed by atoms with Crippen molar-refractivity contribution in [2.75, 3.05) is 26.7 Å². The summed E-state index contributed by atoms with van der Waals surface area (Å²) < 4.78 is 43.1. The van der Waals surface area contributed by atoms with Crippen LogP contribution in [-0.2, 0) is 12.7 Å². The second-order valence-electron chi connectivity index (χ2n) is 6.70. The topological polar surface area (TPSA) is 54.2 Å². The molecule has 0 spiro atoms. The van der Waals surface area contributed by atoms with E-state index < -0.39 is 11.7 Å². The van der Waals surface area contributed by atoms with Crippen LogP contribution < -0.4 is 5.32 Å². The molecule has 2 aromatic rings. The van der Waals surface area contributed by atoms with Gasteiger partial charge in [0.25, 0.3) is 0 Å². The van der Waals surface area contributed by atoms with Crippen molar-refractivity contribution in [2.24, 2.45) is 5.92 Å². The first kappa shape index (κ1) is 21.7. The summed E-state index contributed by atoms with van der Waals surface area (Å²) in [5.74, 6) is 1.57. The van der Waals surface area contributed by atoms with E-state index in [-0.39, 0.29) is 12.4 Å². The highest BCUT2D eigenvalue weighted by Gasteiger charge is 2.30. The van der Waals surface area contributed by atoms with Crippen molar-refractivity contribution in [1.29, 1.82) is 0 Å². The van der Waals surface area contributed by atoms with Crippen molar-refractivity contribution in [3.05, 3.63) is 35.7 Å². The van der Waals surface area contributed by atoms with Crippen LogP contribution in [0.25, 0.3) is 11.4 Å². The summed E-state index contributed by atoms with van der Waals surface area (Å²) in [6.07, 6.45) is -0.841. The Morgan fingerprint density at radius 1 is 1.19 bits per heavy atom. The van der Waals surface area contributed by atoms with Crippen LogP contribution in [0.2, 0.25) is 0 Å². The maximum Gasteiger partial charge on any atom is 0.416 e. The molecule has 1 saturated heterocycles. The normalized spacial score (nSPS) is 16.3. The van der Waals surface area contributed by atoms with Crippen LogP contribution in [0.3, 0.4) is 0 Å². The molecule has 1 aromatic heterocycles. The Balaban J connectivity index is 0.00000261. The average Bonchev–Trinajstić information content (AvgIpc) is 3.09. The predicted octanol–water partition coefficient (Wildman–Crippen LogP) is 4.00. The monoisotopic (exact) mass is 404 g/mol. The maximum absolute atomic E-state index is 12.6. The van der Waals surface area contributed by atoms with Gasteiger partial charge in [-0.3, -0.25) is 4.90 Å². The number of aromatic nitrogens is 2. The molecular formula is C18H24ClF3N4O. The van der Waals surface area contributed by atoms with Crippen molar-refractivity contribution in [1.82, 2.24) is 20.4 Å². The molecule has 0 amide bonds. The number of nitrogens with zero attached hydrogens (tertiary/aromatic N) is 3. The maximum atomic E-state index is 12.6. The second kappa shape index (κ2) is 9.52. The summed E-state index contributed by atoms with van der Waals surface area (Å²) in [6.45, 7) is 3.61. The van der Waals surface area contributed by atoms with Crippen molar-refractivity contribution in [2.45, 2.75) is 32.0 Å². The smallest absolute Gasteiger partial charge is 0.338 e. The number of hydrogen-bond donors (Lipinski definition) is 1. The molecule has 0 saturated carbocycles. The Kier molecular flexibility index (Phi) is 7.64. The molecule has 150 valence electrons. The summed E-state index contributed by atoms with van der Waals surface area (Å²) in [6, 6.07) is 4.79. The predicted molar refractivity (Wildman–Crippen MR) is 98.5 cm³/mol. The number of alkyl halides is 3. The van der Waals surface area contributed by atoms with Gasteiger partial charge in [0.05, 0.1) is 12.1 Å². The lowest BCUT2D eigenvalue weighted by Crippen LogP contribution is -2.34. The van der Waals surface area contributed by atoms with E-state index in [4.69, 9.17) is 4.52 Å². The number of halogens is 4. The van der Waals surface area contributed by atoms with Crippen molar-refractivity contribution in [3.63, 3.8) is 0 Å². The molecule has 1 aliphatic heterocycles. The van der Waals surface area contributed by atoms with Gasteiger partial charge in [-0.05, 0) is 64.0 Å². The molecular weight excluding hydrogens is 381 g/mol. The molecule has 0 bridgehead atoms.